The van der Waals surface area contributed by atoms with E-state index in [1.54, 1.807) is 36.5 Å². The number of carbonyl (C=O) groups excluding carboxylic acids is 2. The summed E-state index contributed by atoms with van der Waals surface area (Å²) in [6.07, 6.45) is 32.3. The van der Waals surface area contributed by atoms with Gasteiger partial charge in [-0.15, -0.1) is 0 Å². The fraction of sp³-hybridized carbons (Fsp3) is 0.744. The van der Waals surface area contributed by atoms with Gasteiger partial charge in [0.2, 0.25) is 0 Å². The topological polar surface area (TPSA) is 113 Å². The predicted molar refractivity (Wildman–Crippen MR) is 189 cm³/mol. The second-order valence-electron chi connectivity index (χ2n) is 12.8. The summed E-state index contributed by atoms with van der Waals surface area (Å²) >= 11 is 0. The average Bonchev–Trinajstić information content (AvgIpc) is 3.02. The number of aliphatic hydroxyl groups excluding tert-OH is 3. The number of hydrogen-bond acceptors (Lipinski definition) is 7. The molecule has 0 aromatic carbocycles. The van der Waals surface area contributed by atoms with Crippen molar-refractivity contribution < 1.29 is 34.4 Å². The van der Waals surface area contributed by atoms with Gasteiger partial charge in [0, 0.05) is 12.8 Å². The van der Waals surface area contributed by atoms with Gasteiger partial charge >= 0.3 is 11.9 Å². The Labute approximate surface area is 281 Å². The van der Waals surface area contributed by atoms with E-state index in [1.165, 1.54) is 70.6 Å². The molecular formula is C39H68O7. The Kier molecular flexibility index (Phi) is 31.1. The van der Waals surface area contributed by atoms with Gasteiger partial charge in [0.1, 0.15) is 6.61 Å². The van der Waals surface area contributed by atoms with E-state index in [9.17, 15) is 24.9 Å². The van der Waals surface area contributed by atoms with Crippen molar-refractivity contribution in [2.24, 2.45) is 5.92 Å². The van der Waals surface area contributed by atoms with Crippen molar-refractivity contribution in [1.29, 1.82) is 0 Å². The van der Waals surface area contributed by atoms with Crippen LogP contribution in [0.15, 0.2) is 48.6 Å². The molecule has 3 N–H and O–H groups in total. The Hall–Kier alpha value is -2.22. The van der Waals surface area contributed by atoms with Crippen molar-refractivity contribution in [2.45, 2.75) is 167 Å². The molecule has 0 fully saturated rings. The summed E-state index contributed by atoms with van der Waals surface area (Å²) in [6.45, 7) is 6.17. The third-order valence-electron chi connectivity index (χ3n) is 7.74. The number of rotatable bonds is 31. The summed E-state index contributed by atoms with van der Waals surface area (Å²) in [4.78, 5) is 24.2. The van der Waals surface area contributed by atoms with E-state index in [0.29, 0.717) is 25.7 Å². The van der Waals surface area contributed by atoms with Crippen LogP contribution in [0.2, 0.25) is 0 Å². The molecule has 3 atom stereocenters. The molecule has 0 rings (SSSR count). The molecule has 0 saturated heterocycles. The van der Waals surface area contributed by atoms with Crippen molar-refractivity contribution in [3.05, 3.63) is 48.6 Å². The van der Waals surface area contributed by atoms with Crippen LogP contribution in [0.4, 0.5) is 0 Å². The van der Waals surface area contributed by atoms with Crippen LogP contribution in [0.1, 0.15) is 149 Å². The Morgan fingerprint density at radius 3 is 1.85 bits per heavy atom. The van der Waals surface area contributed by atoms with Crippen LogP contribution < -0.4 is 0 Å². The van der Waals surface area contributed by atoms with Crippen LogP contribution in [0.5, 0.6) is 0 Å². The Balaban J connectivity index is 3.89. The summed E-state index contributed by atoms with van der Waals surface area (Å²) in [5.74, 6) is -0.0249. The van der Waals surface area contributed by atoms with Crippen LogP contribution in [-0.2, 0) is 19.1 Å². The number of carbonyl (C=O) groups is 2. The van der Waals surface area contributed by atoms with Gasteiger partial charge in [-0.1, -0.05) is 146 Å². The first-order valence-corrected chi connectivity index (χ1v) is 18.3. The molecule has 0 radical (unpaired) electrons. The predicted octanol–water partition coefficient (Wildman–Crippen LogP) is 8.86. The van der Waals surface area contributed by atoms with Gasteiger partial charge in [-0.3, -0.25) is 9.59 Å². The molecule has 46 heavy (non-hydrogen) atoms. The lowest BCUT2D eigenvalue weighted by atomic mass is 10.0. The first-order valence-electron chi connectivity index (χ1n) is 18.3. The highest BCUT2D eigenvalue weighted by atomic mass is 16.6. The second kappa shape index (κ2) is 32.7. The minimum absolute atomic E-state index is 0.0942. The van der Waals surface area contributed by atoms with E-state index in [-0.39, 0.29) is 19.0 Å². The maximum Gasteiger partial charge on any atom is 0.306 e. The fourth-order valence-corrected chi connectivity index (χ4v) is 4.87. The lowest BCUT2D eigenvalue weighted by molar-refractivity contribution is -0.161. The third kappa shape index (κ3) is 31.7. The molecule has 0 bridgehead atoms. The number of aliphatic hydroxyl groups is 3. The highest BCUT2D eigenvalue weighted by molar-refractivity contribution is 5.70. The summed E-state index contributed by atoms with van der Waals surface area (Å²) in [5, 5.41) is 29.6. The Morgan fingerprint density at radius 1 is 0.652 bits per heavy atom. The molecular weight excluding hydrogens is 580 g/mol. The average molecular weight is 649 g/mol. The molecule has 0 unspecified atom stereocenters. The van der Waals surface area contributed by atoms with Crippen LogP contribution in [0.25, 0.3) is 0 Å². The minimum Gasteiger partial charge on any atom is -0.462 e. The monoisotopic (exact) mass is 648 g/mol. The van der Waals surface area contributed by atoms with Crippen LogP contribution in [-0.4, -0.2) is 58.8 Å². The molecule has 0 amide bonds. The zero-order chi connectivity index (χ0) is 34.1. The number of ether oxygens (including phenoxy) is 2. The Morgan fingerprint density at radius 2 is 1.24 bits per heavy atom. The van der Waals surface area contributed by atoms with Gasteiger partial charge in [0.05, 0.1) is 18.8 Å². The molecule has 7 nitrogen and oxygen atoms in total. The molecule has 0 aromatic rings. The second-order valence-corrected chi connectivity index (χ2v) is 12.8. The lowest BCUT2D eigenvalue weighted by Gasteiger charge is -2.16. The van der Waals surface area contributed by atoms with Crippen LogP contribution in [0, 0.1) is 5.92 Å². The lowest BCUT2D eigenvalue weighted by Crippen LogP contribution is -2.28. The van der Waals surface area contributed by atoms with Gasteiger partial charge in [-0.2, -0.15) is 0 Å². The van der Waals surface area contributed by atoms with Crippen molar-refractivity contribution in [3.8, 4) is 0 Å². The van der Waals surface area contributed by atoms with Crippen molar-refractivity contribution in [3.63, 3.8) is 0 Å². The first-order chi connectivity index (χ1) is 22.3. The Bertz CT molecular complexity index is 830. The van der Waals surface area contributed by atoms with Gasteiger partial charge in [0.25, 0.3) is 0 Å². The summed E-state index contributed by atoms with van der Waals surface area (Å²) in [7, 11) is 0. The molecule has 0 aliphatic carbocycles. The quantitative estimate of drug-likeness (QED) is 0.0298. The number of unbranched alkanes of at least 4 members (excludes halogenated alkanes) is 12. The zero-order valence-corrected chi connectivity index (χ0v) is 29.5. The van der Waals surface area contributed by atoms with Crippen LogP contribution >= 0.6 is 0 Å². The molecule has 0 aliphatic heterocycles. The molecule has 266 valence electrons. The van der Waals surface area contributed by atoms with Gasteiger partial charge in [-0.25, -0.2) is 0 Å². The normalized spacial score (nSPS) is 14.2. The van der Waals surface area contributed by atoms with Crippen molar-refractivity contribution in [1.82, 2.24) is 0 Å². The number of allylic oxidation sites excluding steroid dienone is 5. The van der Waals surface area contributed by atoms with E-state index in [2.05, 4.69) is 26.8 Å². The van der Waals surface area contributed by atoms with E-state index in [0.717, 1.165) is 31.6 Å². The summed E-state index contributed by atoms with van der Waals surface area (Å²) in [5.41, 5.74) is 0. The van der Waals surface area contributed by atoms with E-state index in [4.69, 9.17) is 9.47 Å². The zero-order valence-electron chi connectivity index (χ0n) is 29.5. The maximum atomic E-state index is 12.1. The standard InChI is InChI=1S/C39H68O7/c1-4-5-6-7-15-20-26-35(41)27-21-17-18-22-28-36(42)29-24-31-39(44)46-37(32-40)33-45-38(43)30-23-16-13-11-9-8-10-12-14-19-25-34(2)3/h15,17-18,20-22,27-28,34-37,40-42H,4-14,16,19,23-26,29-33H2,1-3H3/b18-17+,20-15-,27-21+,28-22-/t35-,36-,37-/m0/s1. The van der Waals surface area contributed by atoms with E-state index in [1.807, 2.05) is 6.08 Å². The largest absolute Gasteiger partial charge is 0.462 e. The van der Waals surface area contributed by atoms with Crippen molar-refractivity contribution >= 4 is 11.9 Å². The molecule has 7 heteroatoms. The highest BCUT2D eigenvalue weighted by Gasteiger charge is 2.16. The third-order valence-corrected chi connectivity index (χ3v) is 7.74. The highest BCUT2D eigenvalue weighted by Crippen LogP contribution is 2.14. The summed E-state index contributed by atoms with van der Waals surface area (Å²) < 4.78 is 10.4. The molecule has 0 aliphatic rings. The maximum absolute atomic E-state index is 12.1. The molecule has 0 aromatic heterocycles. The first kappa shape index (κ1) is 43.8. The number of hydrogen-bond donors (Lipinski definition) is 3. The minimum atomic E-state index is -0.884. The van der Waals surface area contributed by atoms with E-state index < -0.39 is 30.9 Å². The molecule has 0 saturated carbocycles. The van der Waals surface area contributed by atoms with Gasteiger partial charge < -0.3 is 24.8 Å². The van der Waals surface area contributed by atoms with Gasteiger partial charge in [0.15, 0.2) is 6.10 Å². The SMILES string of the molecule is CCCCC/C=C\C[C@H](O)/C=C/C=C/C=C\[C@H](O)CCCC(=O)O[C@@H](CO)COC(=O)CCCCCCCCCCCCC(C)C. The molecule has 0 spiro atoms. The summed E-state index contributed by atoms with van der Waals surface area (Å²) in [6, 6.07) is 0. The molecule has 0 heterocycles. The number of esters is 2. The fourth-order valence-electron chi connectivity index (χ4n) is 4.87. The van der Waals surface area contributed by atoms with Crippen molar-refractivity contribution in [2.75, 3.05) is 13.2 Å². The van der Waals surface area contributed by atoms with E-state index >= 15 is 0 Å². The van der Waals surface area contributed by atoms with Gasteiger partial charge in [-0.05, 0) is 44.4 Å². The van der Waals surface area contributed by atoms with Crippen LogP contribution in [0.3, 0.4) is 0 Å². The smallest absolute Gasteiger partial charge is 0.306 e.